The number of alkyl halides is 1. The van der Waals surface area contributed by atoms with Gasteiger partial charge in [0, 0.05) is 0 Å². The van der Waals surface area contributed by atoms with Crippen molar-refractivity contribution in [2.75, 3.05) is 19.5 Å². The van der Waals surface area contributed by atoms with Crippen LogP contribution in [0.1, 0.15) is 0 Å². The Bertz CT molecular complexity index is 396. The summed E-state index contributed by atoms with van der Waals surface area (Å²) in [6, 6.07) is 8.80. The molecule has 0 saturated heterocycles. The standard InChI is InChI=1S/C12H14ClNO4/c1-17-12(16)10(8-14-11(15)7-13)18-9-5-3-2-4-6-9/h2-6,10H,7-8H2,1H3,(H,14,15)/t10-/m1/s1. The molecule has 6 heteroatoms. The predicted molar refractivity (Wildman–Crippen MR) is 66.6 cm³/mol. The van der Waals surface area contributed by atoms with Gasteiger partial charge < -0.3 is 14.8 Å². The Hall–Kier alpha value is -1.75. The van der Waals surface area contributed by atoms with E-state index in [1.165, 1.54) is 7.11 Å². The van der Waals surface area contributed by atoms with Crippen molar-refractivity contribution in [3.05, 3.63) is 30.3 Å². The molecular weight excluding hydrogens is 258 g/mol. The lowest BCUT2D eigenvalue weighted by atomic mass is 10.3. The predicted octanol–water partition coefficient (Wildman–Crippen LogP) is 0.962. The molecule has 1 aromatic carbocycles. The summed E-state index contributed by atoms with van der Waals surface area (Å²) >= 11 is 5.34. The van der Waals surface area contributed by atoms with Gasteiger partial charge in [0.25, 0.3) is 0 Å². The maximum absolute atomic E-state index is 11.5. The fraction of sp³-hybridized carbons (Fsp3) is 0.333. The van der Waals surface area contributed by atoms with E-state index in [0.29, 0.717) is 5.75 Å². The van der Waals surface area contributed by atoms with Crippen LogP contribution in [0.25, 0.3) is 0 Å². The van der Waals surface area contributed by atoms with Crippen molar-refractivity contribution in [1.82, 2.24) is 5.32 Å². The van der Waals surface area contributed by atoms with Crippen LogP contribution in [-0.4, -0.2) is 37.5 Å². The fourth-order valence-electron chi connectivity index (χ4n) is 1.22. The SMILES string of the molecule is COC(=O)[C@@H](CNC(=O)CCl)Oc1ccccc1. The number of carbonyl (C=O) groups is 2. The molecule has 1 atom stereocenters. The van der Waals surface area contributed by atoms with Crippen LogP contribution >= 0.6 is 11.6 Å². The number of amides is 1. The molecule has 98 valence electrons. The van der Waals surface area contributed by atoms with Crippen LogP contribution in [0.3, 0.4) is 0 Å². The number of hydrogen-bond donors (Lipinski definition) is 1. The van der Waals surface area contributed by atoms with E-state index >= 15 is 0 Å². The number of para-hydroxylation sites is 1. The van der Waals surface area contributed by atoms with Gasteiger partial charge in [0.2, 0.25) is 12.0 Å². The highest BCUT2D eigenvalue weighted by Gasteiger charge is 2.21. The average Bonchev–Trinajstić information content (AvgIpc) is 2.43. The Morgan fingerprint density at radius 3 is 2.56 bits per heavy atom. The van der Waals surface area contributed by atoms with Crippen LogP contribution in [0.5, 0.6) is 5.75 Å². The number of halogens is 1. The van der Waals surface area contributed by atoms with Crippen molar-refractivity contribution in [2.24, 2.45) is 0 Å². The van der Waals surface area contributed by atoms with Crippen molar-refractivity contribution in [1.29, 1.82) is 0 Å². The van der Waals surface area contributed by atoms with Gasteiger partial charge in [-0.25, -0.2) is 4.79 Å². The summed E-state index contributed by atoms with van der Waals surface area (Å²) in [5.74, 6) is -0.580. The third-order valence-corrected chi connectivity index (χ3v) is 2.33. The highest BCUT2D eigenvalue weighted by atomic mass is 35.5. The van der Waals surface area contributed by atoms with Crippen molar-refractivity contribution < 1.29 is 19.1 Å². The van der Waals surface area contributed by atoms with E-state index in [0.717, 1.165) is 0 Å². The Labute approximate surface area is 110 Å². The van der Waals surface area contributed by atoms with Crippen LogP contribution in [0.15, 0.2) is 30.3 Å². The van der Waals surface area contributed by atoms with Gasteiger partial charge in [-0.15, -0.1) is 11.6 Å². The summed E-state index contributed by atoms with van der Waals surface area (Å²) in [4.78, 5) is 22.5. The summed E-state index contributed by atoms with van der Waals surface area (Å²) < 4.78 is 10.0. The number of hydrogen-bond acceptors (Lipinski definition) is 4. The second-order valence-electron chi connectivity index (χ2n) is 3.38. The number of methoxy groups -OCH3 is 1. The van der Waals surface area contributed by atoms with Crippen LogP contribution in [0, 0.1) is 0 Å². The van der Waals surface area contributed by atoms with Crippen molar-refractivity contribution >= 4 is 23.5 Å². The molecule has 1 rings (SSSR count). The first-order chi connectivity index (χ1) is 8.67. The summed E-state index contributed by atoms with van der Waals surface area (Å²) in [7, 11) is 1.26. The number of benzene rings is 1. The molecular formula is C12H14ClNO4. The minimum atomic E-state index is -0.899. The lowest BCUT2D eigenvalue weighted by Gasteiger charge is -2.17. The van der Waals surface area contributed by atoms with Gasteiger partial charge in [-0.05, 0) is 12.1 Å². The molecule has 1 amide bonds. The number of rotatable bonds is 6. The topological polar surface area (TPSA) is 64.6 Å². The maximum atomic E-state index is 11.5. The molecule has 0 aliphatic heterocycles. The third-order valence-electron chi connectivity index (χ3n) is 2.09. The van der Waals surface area contributed by atoms with Gasteiger partial charge in [0.15, 0.2) is 0 Å². The van der Waals surface area contributed by atoms with Gasteiger partial charge in [-0.1, -0.05) is 18.2 Å². The lowest BCUT2D eigenvalue weighted by Crippen LogP contribution is -2.41. The number of esters is 1. The van der Waals surface area contributed by atoms with Crippen LogP contribution in [0.2, 0.25) is 0 Å². The summed E-state index contributed by atoms with van der Waals surface area (Å²) in [6.45, 7) is 0.00706. The fourth-order valence-corrected chi connectivity index (χ4v) is 1.32. The van der Waals surface area contributed by atoms with Gasteiger partial charge in [0.1, 0.15) is 11.6 Å². The van der Waals surface area contributed by atoms with Gasteiger partial charge in [-0.3, -0.25) is 4.79 Å². The molecule has 0 aromatic heterocycles. The number of ether oxygens (including phenoxy) is 2. The van der Waals surface area contributed by atoms with Crippen LogP contribution in [0.4, 0.5) is 0 Å². The Morgan fingerprint density at radius 2 is 2.00 bits per heavy atom. The first-order valence-corrected chi connectivity index (χ1v) is 5.83. The first-order valence-electron chi connectivity index (χ1n) is 5.29. The molecule has 0 bridgehead atoms. The molecule has 0 heterocycles. The maximum Gasteiger partial charge on any atom is 0.348 e. The Kier molecular flexibility index (Phi) is 6.00. The van der Waals surface area contributed by atoms with Crippen molar-refractivity contribution in [2.45, 2.75) is 6.10 Å². The zero-order valence-corrected chi connectivity index (χ0v) is 10.6. The van der Waals surface area contributed by atoms with Crippen LogP contribution < -0.4 is 10.1 Å². The van der Waals surface area contributed by atoms with E-state index in [-0.39, 0.29) is 18.3 Å². The second-order valence-corrected chi connectivity index (χ2v) is 3.65. The van der Waals surface area contributed by atoms with E-state index in [1.54, 1.807) is 24.3 Å². The van der Waals surface area contributed by atoms with Gasteiger partial charge in [-0.2, -0.15) is 0 Å². The van der Waals surface area contributed by atoms with E-state index in [4.69, 9.17) is 16.3 Å². The largest absolute Gasteiger partial charge is 0.477 e. The normalized spacial score (nSPS) is 11.4. The van der Waals surface area contributed by atoms with Crippen molar-refractivity contribution in [3.63, 3.8) is 0 Å². The van der Waals surface area contributed by atoms with E-state index in [9.17, 15) is 9.59 Å². The molecule has 0 saturated carbocycles. The molecule has 5 nitrogen and oxygen atoms in total. The molecule has 0 unspecified atom stereocenters. The summed E-state index contributed by atoms with van der Waals surface area (Å²) in [6.07, 6.45) is -0.899. The molecule has 0 aliphatic rings. The highest BCUT2D eigenvalue weighted by Crippen LogP contribution is 2.11. The highest BCUT2D eigenvalue weighted by molar-refractivity contribution is 6.27. The summed E-state index contributed by atoms with van der Waals surface area (Å²) in [5, 5.41) is 2.47. The number of nitrogens with one attached hydrogen (secondary N) is 1. The molecule has 18 heavy (non-hydrogen) atoms. The molecule has 0 radical (unpaired) electrons. The first kappa shape index (κ1) is 14.3. The average molecular weight is 272 g/mol. The smallest absolute Gasteiger partial charge is 0.348 e. The minimum absolute atomic E-state index is 0.00706. The third kappa shape index (κ3) is 4.63. The minimum Gasteiger partial charge on any atom is -0.477 e. The van der Waals surface area contributed by atoms with Gasteiger partial charge in [0.05, 0.1) is 13.7 Å². The quantitative estimate of drug-likeness (QED) is 0.618. The zero-order valence-electron chi connectivity index (χ0n) is 9.89. The van der Waals surface area contributed by atoms with E-state index < -0.39 is 12.1 Å². The van der Waals surface area contributed by atoms with Gasteiger partial charge >= 0.3 is 5.97 Å². The van der Waals surface area contributed by atoms with Crippen molar-refractivity contribution in [3.8, 4) is 5.75 Å². The molecule has 0 fully saturated rings. The Morgan fingerprint density at radius 1 is 1.33 bits per heavy atom. The van der Waals surface area contributed by atoms with E-state index in [2.05, 4.69) is 10.1 Å². The zero-order chi connectivity index (χ0) is 13.4. The monoisotopic (exact) mass is 271 g/mol. The summed E-state index contributed by atoms with van der Waals surface area (Å²) in [5.41, 5.74) is 0. The molecule has 1 N–H and O–H groups in total. The molecule has 0 spiro atoms. The second kappa shape index (κ2) is 7.55. The molecule has 1 aromatic rings. The molecule has 0 aliphatic carbocycles. The van der Waals surface area contributed by atoms with Crippen LogP contribution in [-0.2, 0) is 14.3 Å². The van der Waals surface area contributed by atoms with E-state index in [1.807, 2.05) is 6.07 Å². The lowest BCUT2D eigenvalue weighted by molar-refractivity contribution is -0.148. The Balaban J connectivity index is 2.61. The number of carbonyl (C=O) groups excluding carboxylic acids is 2.